The van der Waals surface area contributed by atoms with Gasteiger partial charge in [0.15, 0.2) is 5.78 Å². The average Bonchev–Trinajstić information content (AvgIpc) is 2.55. The summed E-state index contributed by atoms with van der Waals surface area (Å²) in [5.74, 6) is -1.09. The fraction of sp³-hybridized carbons (Fsp3) is 0.800. The Hall–Kier alpha value is -1.28. The second kappa shape index (κ2) is 11.5. The zero-order chi connectivity index (χ0) is 20.6. The molecule has 5 N–H and O–H groups in total. The summed E-state index contributed by atoms with van der Waals surface area (Å²) in [5.41, 5.74) is 0. The molecule has 0 saturated heterocycles. The monoisotopic (exact) mass is 383 g/mol. The number of rotatable bonds is 6. The Bertz CT molecular complexity index is 507. The third-order valence-electron chi connectivity index (χ3n) is 4.72. The number of carbonyl (C=O) groups is 2. The van der Waals surface area contributed by atoms with E-state index in [9.17, 15) is 19.8 Å². The standard InChI is InChI=1S/C20H37N3O4/c1-12(2)22-19(15(5)24)18(26)11-16-10-17(25)8-9-21-13(3)6-7-14(4)23-20(16)27/h6-7,12-17,19,21-22,24-25H,8-11H2,1-5H3,(H,23,27)/b7-6+/t13?,14-,15+,16+,17-,19-/m0/s1. The minimum Gasteiger partial charge on any atom is -0.393 e. The molecular formula is C20H37N3O4. The molecule has 0 bridgehead atoms. The van der Waals surface area contributed by atoms with Crippen molar-refractivity contribution in [3.63, 3.8) is 0 Å². The maximum atomic E-state index is 12.7. The summed E-state index contributed by atoms with van der Waals surface area (Å²) in [5, 5.41) is 29.5. The van der Waals surface area contributed by atoms with Gasteiger partial charge >= 0.3 is 0 Å². The molecule has 0 aromatic heterocycles. The number of ketones is 1. The van der Waals surface area contributed by atoms with Crippen molar-refractivity contribution in [2.75, 3.05) is 6.54 Å². The van der Waals surface area contributed by atoms with E-state index < -0.39 is 24.2 Å². The molecule has 156 valence electrons. The van der Waals surface area contributed by atoms with Gasteiger partial charge in [0.1, 0.15) is 0 Å². The molecule has 1 rings (SSSR count). The number of aliphatic hydroxyl groups is 2. The maximum absolute atomic E-state index is 12.7. The first-order valence-electron chi connectivity index (χ1n) is 9.97. The Balaban J connectivity index is 2.90. The predicted molar refractivity (Wildman–Crippen MR) is 106 cm³/mol. The number of hydrogen-bond acceptors (Lipinski definition) is 6. The van der Waals surface area contributed by atoms with Crippen LogP contribution in [0.4, 0.5) is 0 Å². The molecule has 1 amide bonds. The molecule has 1 heterocycles. The van der Waals surface area contributed by atoms with Gasteiger partial charge in [0.2, 0.25) is 5.91 Å². The molecule has 0 saturated carbocycles. The van der Waals surface area contributed by atoms with E-state index in [1.807, 2.05) is 39.8 Å². The van der Waals surface area contributed by atoms with Gasteiger partial charge in [-0.1, -0.05) is 26.0 Å². The quantitative estimate of drug-likeness (QED) is 0.427. The van der Waals surface area contributed by atoms with Crippen LogP contribution in [-0.4, -0.2) is 64.8 Å². The minimum absolute atomic E-state index is 0.0154. The number of aliphatic hydroxyl groups excluding tert-OH is 2. The Morgan fingerprint density at radius 3 is 2.48 bits per heavy atom. The minimum atomic E-state index is -0.855. The van der Waals surface area contributed by atoms with Crippen molar-refractivity contribution in [2.45, 2.75) is 90.3 Å². The van der Waals surface area contributed by atoms with Crippen LogP contribution in [0.1, 0.15) is 53.9 Å². The van der Waals surface area contributed by atoms with E-state index in [2.05, 4.69) is 16.0 Å². The Kier molecular flexibility index (Phi) is 10.2. The summed E-state index contributed by atoms with van der Waals surface area (Å²) in [7, 11) is 0. The second-order valence-electron chi connectivity index (χ2n) is 8.01. The molecule has 0 aliphatic carbocycles. The van der Waals surface area contributed by atoms with Crippen LogP contribution in [0.5, 0.6) is 0 Å². The summed E-state index contributed by atoms with van der Waals surface area (Å²) in [4.78, 5) is 25.4. The number of Topliss-reactive ketones (excluding diaryl/α,β-unsaturated/α-hetero) is 1. The van der Waals surface area contributed by atoms with Gasteiger partial charge in [-0.3, -0.25) is 9.59 Å². The molecule has 1 unspecified atom stereocenters. The van der Waals surface area contributed by atoms with Gasteiger partial charge in [0.05, 0.1) is 18.2 Å². The van der Waals surface area contributed by atoms with Crippen LogP contribution >= 0.6 is 0 Å². The summed E-state index contributed by atoms with van der Waals surface area (Å²) < 4.78 is 0. The molecule has 7 nitrogen and oxygen atoms in total. The van der Waals surface area contributed by atoms with Gasteiger partial charge in [-0.15, -0.1) is 0 Å². The van der Waals surface area contributed by atoms with Crippen molar-refractivity contribution in [1.82, 2.24) is 16.0 Å². The fourth-order valence-corrected chi connectivity index (χ4v) is 3.23. The average molecular weight is 384 g/mol. The fourth-order valence-electron chi connectivity index (χ4n) is 3.23. The number of hydrogen-bond donors (Lipinski definition) is 5. The van der Waals surface area contributed by atoms with Crippen molar-refractivity contribution in [3.05, 3.63) is 12.2 Å². The van der Waals surface area contributed by atoms with Gasteiger partial charge in [-0.25, -0.2) is 0 Å². The Morgan fingerprint density at radius 2 is 1.89 bits per heavy atom. The molecular weight excluding hydrogens is 346 g/mol. The first kappa shape index (κ1) is 23.8. The van der Waals surface area contributed by atoms with E-state index in [1.54, 1.807) is 6.92 Å². The van der Waals surface area contributed by atoms with Crippen molar-refractivity contribution >= 4 is 11.7 Å². The summed E-state index contributed by atoms with van der Waals surface area (Å²) in [6, 6.07) is -0.710. The Morgan fingerprint density at radius 1 is 1.26 bits per heavy atom. The zero-order valence-electron chi connectivity index (χ0n) is 17.2. The molecule has 0 spiro atoms. The molecule has 0 aromatic rings. The molecule has 7 heteroatoms. The van der Waals surface area contributed by atoms with Gasteiger partial charge in [0, 0.05) is 30.5 Å². The van der Waals surface area contributed by atoms with Crippen LogP contribution in [0.15, 0.2) is 12.2 Å². The van der Waals surface area contributed by atoms with Crippen LogP contribution < -0.4 is 16.0 Å². The zero-order valence-corrected chi connectivity index (χ0v) is 17.2. The highest BCUT2D eigenvalue weighted by atomic mass is 16.3. The molecule has 1 aliphatic heterocycles. The topological polar surface area (TPSA) is 111 Å². The smallest absolute Gasteiger partial charge is 0.224 e. The van der Waals surface area contributed by atoms with Crippen LogP contribution in [0.2, 0.25) is 0 Å². The SMILES string of the molecule is CC(C)N[C@H](C(=O)C[C@H]1C[C@@H](O)CCNC(C)/C=C/[C@H](C)NC1=O)[C@@H](C)O. The lowest BCUT2D eigenvalue weighted by molar-refractivity contribution is -0.132. The highest BCUT2D eigenvalue weighted by molar-refractivity contribution is 5.90. The number of nitrogens with one attached hydrogen (secondary N) is 3. The molecule has 27 heavy (non-hydrogen) atoms. The summed E-state index contributed by atoms with van der Waals surface area (Å²) in [6.45, 7) is 9.89. The third kappa shape index (κ3) is 8.97. The van der Waals surface area contributed by atoms with Crippen LogP contribution in [0, 0.1) is 5.92 Å². The summed E-state index contributed by atoms with van der Waals surface area (Å²) >= 11 is 0. The van der Waals surface area contributed by atoms with Gasteiger partial charge in [-0.05, 0) is 40.2 Å². The van der Waals surface area contributed by atoms with Crippen molar-refractivity contribution in [3.8, 4) is 0 Å². The highest BCUT2D eigenvalue weighted by Gasteiger charge is 2.31. The lowest BCUT2D eigenvalue weighted by Gasteiger charge is -2.26. The molecule has 0 aromatic carbocycles. The predicted octanol–water partition coefficient (Wildman–Crippen LogP) is 0.503. The van der Waals surface area contributed by atoms with E-state index in [-0.39, 0.29) is 42.7 Å². The van der Waals surface area contributed by atoms with E-state index in [4.69, 9.17) is 0 Å². The normalized spacial score (nSPS) is 31.3. The third-order valence-corrected chi connectivity index (χ3v) is 4.72. The van der Waals surface area contributed by atoms with E-state index >= 15 is 0 Å². The van der Waals surface area contributed by atoms with Crippen molar-refractivity contribution < 1.29 is 19.8 Å². The lowest BCUT2D eigenvalue weighted by Crippen LogP contribution is -2.49. The van der Waals surface area contributed by atoms with Gasteiger partial charge < -0.3 is 26.2 Å². The van der Waals surface area contributed by atoms with Crippen LogP contribution in [0.3, 0.4) is 0 Å². The molecule has 0 radical (unpaired) electrons. The number of carbonyl (C=O) groups excluding carboxylic acids is 2. The lowest BCUT2D eigenvalue weighted by atomic mass is 9.89. The van der Waals surface area contributed by atoms with Crippen LogP contribution in [0.25, 0.3) is 0 Å². The van der Waals surface area contributed by atoms with E-state index in [1.165, 1.54) is 0 Å². The maximum Gasteiger partial charge on any atom is 0.224 e. The van der Waals surface area contributed by atoms with Gasteiger partial charge in [0.25, 0.3) is 0 Å². The Labute approximate surface area is 163 Å². The number of amides is 1. The molecule has 1 aliphatic rings. The van der Waals surface area contributed by atoms with Crippen molar-refractivity contribution in [1.29, 1.82) is 0 Å². The largest absolute Gasteiger partial charge is 0.393 e. The van der Waals surface area contributed by atoms with Crippen molar-refractivity contribution in [2.24, 2.45) is 5.92 Å². The van der Waals surface area contributed by atoms with Crippen LogP contribution in [-0.2, 0) is 9.59 Å². The first-order chi connectivity index (χ1) is 12.6. The molecule has 6 atom stereocenters. The van der Waals surface area contributed by atoms with Gasteiger partial charge in [-0.2, -0.15) is 0 Å². The second-order valence-corrected chi connectivity index (χ2v) is 8.01. The highest BCUT2D eigenvalue weighted by Crippen LogP contribution is 2.17. The summed E-state index contributed by atoms with van der Waals surface area (Å²) in [6.07, 6.45) is 3.09. The first-order valence-corrected chi connectivity index (χ1v) is 9.97. The molecule has 0 fully saturated rings. The van der Waals surface area contributed by atoms with E-state index in [0.717, 1.165) is 0 Å². The van der Waals surface area contributed by atoms with E-state index in [0.29, 0.717) is 13.0 Å².